The van der Waals surface area contributed by atoms with E-state index in [0.29, 0.717) is 0 Å². The molecule has 0 radical (unpaired) electrons. The molecule has 0 aliphatic carbocycles. The van der Waals surface area contributed by atoms with Gasteiger partial charge in [-0.15, -0.1) is 11.3 Å². The fourth-order valence-electron chi connectivity index (χ4n) is 8.09. The van der Waals surface area contributed by atoms with E-state index in [1.807, 2.05) is 23.1 Å². The van der Waals surface area contributed by atoms with Crippen LogP contribution < -0.4 is 0 Å². The molecule has 1 aliphatic heterocycles. The monoisotopic (exact) mass is 683 g/mol. The van der Waals surface area contributed by atoms with Gasteiger partial charge in [-0.2, -0.15) is 0 Å². The molecular weight excluding hydrogens is 659 g/mol. The summed E-state index contributed by atoms with van der Waals surface area (Å²) < 4.78 is 4.88. The lowest BCUT2D eigenvalue weighted by Gasteiger charge is -2.20. The van der Waals surface area contributed by atoms with Crippen molar-refractivity contribution in [3.05, 3.63) is 152 Å². The van der Waals surface area contributed by atoms with Crippen molar-refractivity contribution in [2.75, 3.05) is 0 Å². The molecule has 0 saturated carbocycles. The van der Waals surface area contributed by atoms with Crippen LogP contribution in [0.5, 0.6) is 0 Å². The lowest BCUT2D eigenvalue weighted by atomic mass is 9.97. The maximum atomic E-state index is 5.35. The van der Waals surface area contributed by atoms with Crippen LogP contribution in [-0.2, 0) is 0 Å². The minimum absolute atomic E-state index is 0.985. The summed E-state index contributed by atoms with van der Waals surface area (Å²) >= 11 is 3.68. The van der Waals surface area contributed by atoms with Crippen molar-refractivity contribution in [3.8, 4) is 33.6 Å². The molecule has 0 N–H and O–H groups in total. The molecule has 11 aromatic rings. The Morgan fingerprint density at radius 2 is 1.20 bits per heavy atom. The quantitative estimate of drug-likeness (QED) is 0.182. The normalized spacial score (nSPS) is 12.6. The van der Waals surface area contributed by atoms with Gasteiger partial charge in [0, 0.05) is 36.2 Å². The average Bonchev–Trinajstić information content (AvgIpc) is 3.73. The summed E-state index contributed by atoms with van der Waals surface area (Å²) in [6, 6.07) is 55.2. The smallest absolute Gasteiger partial charge is 0.156 e. The minimum Gasteiger partial charge on any atom is -0.291 e. The van der Waals surface area contributed by atoms with Gasteiger partial charge in [-0.05, 0) is 92.8 Å². The van der Waals surface area contributed by atoms with Gasteiger partial charge in [0.25, 0.3) is 0 Å². The average molecular weight is 684 g/mol. The molecule has 0 atom stereocenters. The molecule has 51 heavy (non-hydrogen) atoms. The predicted molar refractivity (Wildman–Crippen MR) is 216 cm³/mol. The molecule has 5 heterocycles. The number of hydrogen-bond acceptors (Lipinski definition) is 4. The lowest BCUT2D eigenvalue weighted by Crippen LogP contribution is -1.96. The van der Waals surface area contributed by atoms with Crippen molar-refractivity contribution in [3.63, 3.8) is 0 Å². The van der Waals surface area contributed by atoms with E-state index in [9.17, 15) is 0 Å². The summed E-state index contributed by atoms with van der Waals surface area (Å²) in [5, 5.41) is 8.70. The topological polar surface area (TPSA) is 30.2 Å². The van der Waals surface area contributed by atoms with Gasteiger partial charge in [0.2, 0.25) is 0 Å². The molecule has 0 amide bonds. The van der Waals surface area contributed by atoms with Crippen molar-refractivity contribution in [2.24, 2.45) is 0 Å². The van der Waals surface area contributed by atoms with Crippen LogP contribution in [-0.4, -0.2) is 14.4 Å². The Kier molecular flexibility index (Phi) is 5.59. The summed E-state index contributed by atoms with van der Waals surface area (Å²) in [5.74, 6) is 0. The standard InChI is InChI=1S/C46H25N3S2/c1-4-11-31-23-43-33(20-28(31)8-1)35-25-39(49-40-22-30-10-3-2-9-29(30)21-38(40)48-46(49)45(35)51-43)27-18-16-26(17-19-27)37-24-34-32-12-5-6-14-41(32)50-42-15-7-13-36(47-37)44(34)42/h1-25H. The number of aromatic nitrogens is 3. The van der Waals surface area contributed by atoms with Crippen LogP contribution in [0.4, 0.5) is 0 Å². The van der Waals surface area contributed by atoms with E-state index in [1.54, 1.807) is 0 Å². The van der Waals surface area contributed by atoms with Crippen molar-refractivity contribution >= 4 is 92.4 Å². The molecule has 0 bridgehead atoms. The minimum atomic E-state index is 0.985. The first-order chi connectivity index (χ1) is 25.2. The van der Waals surface area contributed by atoms with Crippen LogP contribution in [0.25, 0.3) is 103 Å². The highest BCUT2D eigenvalue weighted by molar-refractivity contribution is 7.99. The molecule has 0 fully saturated rings. The molecular formula is C46H25N3S2. The summed E-state index contributed by atoms with van der Waals surface area (Å²) in [4.78, 5) is 13.1. The third kappa shape index (κ3) is 4.01. The molecule has 7 aromatic carbocycles. The van der Waals surface area contributed by atoms with Crippen molar-refractivity contribution in [2.45, 2.75) is 9.79 Å². The molecule has 4 aromatic heterocycles. The van der Waals surface area contributed by atoms with Gasteiger partial charge in [-0.1, -0.05) is 109 Å². The van der Waals surface area contributed by atoms with Gasteiger partial charge < -0.3 is 0 Å². The first-order valence-corrected chi connectivity index (χ1v) is 18.8. The Morgan fingerprint density at radius 1 is 0.490 bits per heavy atom. The number of thiophene rings is 1. The molecule has 5 heteroatoms. The van der Waals surface area contributed by atoms with Gasteiger partial charge in [0.05, 0.1) is 32.6 Å². The number of rotatable bonds is 2. The highest BCUT2D eigenvalue weighted by Gasteiger charge is 2.22. The zero-order valence-corrected chi connectivity index (χ0v) is 28.7. The Labute approximate surface area is 300 Å². The molecule has 236 valence electrons. The predicted octanol–water partition coefficient (Wildman–Crippen LogP) is 13.2. The van der Waals surface area contributed by atoms with Gasteiger partial charge in [0.15, 0.2) is 5.65 Å². The molecule has 0 saturated heterocycles. The van der Waals surface area contributed by atoms with Crippen LogP contribution >= 0.6 is 23.1 Å². The second-order valence-corrected chi connectivity index (χ2v) is 15.5. The fraction of sp³-hybridized carbons (Fsp3) is 0. The Morgan fingerprint density at radius 3 is 2.04 bits per heavy atom. The third-order valence-electron chi connectivity index (χ3n) is 10.5. The molecule has 0 unspecified atom stereocenters. The van der Waals surface area contributed by atoms with E-state index in [-0.39, 0.29) is 0 Å². The first-order valence-electron chi connectivity index (χ1n) is 17.1. The highest BCUT2D eigenvalue weighted by atomic mass is 32.2. The van der Waals surface area contributed by atoms with E-state index in [4.69, 9.17) is 9.97 Å². The zero-order chi connectivity index (χ0) is 33.2. The highest BCUT2D eigenvalue weighted by Crippen LogP contribution is 2.48. The Balaban J connectivity index is 1.10. The second-order valence-electron chi connectivity index (χ2n) is 13.4. The largest absolute Gasteiger partial charge is 0.291 e. The fourth-order valence-corrected chi connectivity index (χ4v) is 10.4. The van der Waals surface area contributed by atoms with Crippen LogP contribution in [0.1, 0.15) is 0 Å². The number of fused-ring (bicyclic) bond motifs is 11. The number of pyridine rings is 2. The van der Waals surface area contributed by atoms with Crippen molar-refractivity contribution < 1.29 is 0 Å². The van der Waals surface area contributed by atoms with Crippen LogP contribution in [0.15, 0.2) is 161 Å². The molecule has 0 spiro atoms. The van der Waals surface area contributed by atoms with Crippen molar-refractivity contribution in [1.29, 1.82) is 0 Å². The van der Waals surface area contributed by atoms with Gasteiger partial charge in [-0.3, -0.25) is 4.40 Å². The van der Waals surface area contributed by atoms with Crippen molar-refractivity contribution in [1.82, 2.24) is 14.4 Å². The van der Waals surface area contributed by atoms with E-state index in [0.717, 1.165) is 44.7 Å². The maximum absolute atomic E-state index is 5.35. The number of benzene rings is 7. The van der Waals surface area contributed by atoms with E-state index < -0.39 is 0 Å². The molecule has 12 rings (SSSR count). The zero-order valence-electron chi connectivity index (χ0n) is 27.1. The summed E-state index contributed by atoms with van der Waals surface area (Å²) in [7, 11) is 0. The maximum Gasteiger partial charge on any atom is 0.156 e. The third-order valence-corrected chi connectivity index (χ3v) is 12.8. The van der Waals surface area contributed by atoms with Gasteiger partial charge in [0.1, 0.15) is 0 Å². The SMILES string of the molecule is c1ccc2c(c1)Sc1cccc3nc(-c4ccc(-c5cc6c7cc8ccccc8cc7sc6c6nc7cc8ccccc8cc7n56)cc4)cc-2c13. The summed E-state index contributed by atoms with van der Waals surface area (Å²) in [5.41, 5.74) is 11.1. The van der Waals surface area contributed by atoms with Crippen LogP contribution in [0.3, 0.4) is 0 Å². The van der Waals surface area contributed by atoms with Gasteiger partial charge >= 0.3 is 0 Å². The lowest BCUT2D eigenvalue weighted by molar-refractivity contribution is 1.25. The van der Waals surface area contributed by atoms with Crippen LogP contribution in [0, 0.1) is 0 Å². The van der Waals surface area contributed by atoms with E-state index in [2.05, 4.69) is 156 Å². The summed E-state index contributed by atoms with van der Waals surface area (Å²) in [6.45, 7) is 0. The number of nitrogens with zero attached hydrogens (tertiary/aromatic N) is 3. The number of hydrogen-bond donors (Lipinski definition) is 0. The van der Waals surface area contributed by atoms with Gasteiger partial charge in [-0.25, -0.2) is 9.97 Å². The summed E-state index contributed by atoms with van der Waals surface area (Å²) in [6.07, 6.45) is 0. The molecule has 1 aliphatic rings. The van der Waals surface area contributed by atoms with E-state index in [1.165, 1.54) is 68.0 Å². The second kappa shape index (κ2) is 10.3. The van der Waals surface area contributed by atoms with Crippen LogP contribution in [0.2, 0.25) is 0 Å². The Bertz CT molecular complexity index is 3280. The number of imidazole rings is 1. The first kappa shape index (κ1) is 27.8. The molecule has 3 nitrogen and oxygen atoms in total. The Hall–Kier alpha value is -6.01. The van der Waals surface area contributed by atoms with E-state index >= 15 is 0 Å².